The molecule has 1 aromatic carbocycles. The number of amides is 1. The van der Waals surface area contributed by atoms with Crippen LogP contribution in [0, 0.1) is 0 Å². The Morgan fingerprint density at radius 1 is 1.17 bits per heavy atom. The molecule has 0 aliphatic rings. The average molecular weight is 248 g/mol. The van der Waals surface area contributed by atoms with Gasteiger partial charge in [0.05, 0.1) is 0 Å². The van der Waals surface area contributed by atoms with Crippen molar-refractivity contribution in [2.24, 2.45) is 0 Å². The molecule has 1 amide bonds. The van der Waals surface area contributed by atoms with Gasteiger partial charge in [-0.05, 0) is 36.4 Å². The molecule has 0 atom stereocenters. The van der Waals surface area contributed by atoms with Crippen molar-refractivity contribution in [3.8, 4) is 5.75 Å². The van der Waals surface area contributed by atoms with E-state index in [-0.39, 0.29) is 5.91 Å². The predicted octanol–water partition coefficient (Wildman–Crippen LogP) is 3.64. The summed E-state index contributed by atoms with van der Waals surface area (Å²) in [6.07, 6.45) is 5.76. The SMILES string of the molecule is CCCCCc1ccccc1O[N]C(=O)CCC. The molecule has 3 heteroatoms. The van der Waals surface area contributed by atoms with Gasteiger partial charge in [-0.25, -0.2) is 0 Å². The number of hydroxylamine groups is 1. The minimum Gasteiger partial charge on any atom is -0.353 e. The van der Waals surface area contributed by atoms with Gasteiger partial charge >= 0.3 is 0 Å². The molecule has 1 radical (unpaired) electrons. The molecule has 0 saturated carbocycles. The lowest BCUT2D eigenvalue weighted by Crippen LogP contribution is -2.19. The standard InChI is InChI=1S/C15H22NO2/c1-3-5-6-10-13-11-7-8-12-14(13)18-16-15(17)9-4-2/h7-8,11-12H,3-6,9-10H2,1-2H3. The highest BCUT2D eigenvalue weighted by atomic mass is 16.7. The first-order chi connectivity index (χ1) is 8.77. The topological polar surface area (TPSA) is 40.4 Å². The van der Waals surface area contributed by atoms with Crippen LogP contribution in [0.1, 0.15) is 51.5 Å². The monoisotopic (exact) mass is 248 g/mol. The first-order valence-corrected chi connectivity index (χ1v) is 6.76. The zero-order valence-electron chi connectivity index (χ0n) is 11.3. The summed E-state index contributed by atoms with van der Waals surface area (Å²) in [6, 6.07) is 7.79. The zero-order valence-corrected chi connectivity index (χ0v) is 11.3. The fourth-order valence-corrected chi connectivity index (χ4v) is 1.72. The van der Waals surface area contributed by atoms with Crippen molar-refractivity contribution in [1.29, 1.82) is 0 Å². The molecule has 0 bridgehead atoms. The third kappa shape index (κ3) is 5.21. The summed E-state index contributed by atoms with van der Waals surface area (Å²) in [7, 11) is 0. The van der Waals surface area contributed by atoms with Crippen LogP contribution in [0.15, 0.2) is 24.3 Å². The maximum absolute atomic E-state index is 11.3. The average Bonchev–Trinajstić information content (AvgIpc) is 2.38. The van der Waals surface area contributed by atoms with Crippen LogP contribution in [0.3, 0.4) is 0 Å². The Bertz CT molecular complexity index is 363. The molecule has 1 rings (SSSR count). The van der Waals surface area contributed by atoms with Crippen molar-refractivity contribution in [3.63, 3.8) is 0 Å². The summed E-state index contributed by atoms with van der Waals surface area (Å²) in [6.45, 7) is 4.13. The summed E-state index contributed by atoms with van der Waals surface area (Å²) in [5.74, 6) is 0.513. The number of rotatable bonds is 8. The number of carbonyl (C=O) groups is 1. The molecular formula is C15H22NO2. The Labute approximate surface area is 109 Å². The minimum atomic E-state index is -0.194. The quantitative estimate of drug-likeness (QED) is 0.520. The summed E-state index contributed by atoms with van der Waals surface area (Å²) >= 11 is 0. The third-order valence-corrected chi connectivity index (χ3v) is 2.73. The van der Waals surface area contributed by atoms with Crippen molar-refractivity contribution in [2.45, 2.75) is 52.4 Å². The van der Waals surface area contributed by atoms with Crippen LogP contribution < -0.4 is 10.3 Å². The highest BCUT2D eigenvalue weighted by Crippen LogP contribution is 2.20. The fourth-order valence-electron chi connectivity index (χ4n) is 1.72. The number of hydrogen-bond donors (Lipinski definition) is 0. The van der Waals surface area contributed by atoms with Crippen LogP contribution in [-0.2, 0) is 11.2 Å². The van der Waals surface area contributed by atoms with Gasteiger partial charge in [-0.1, -0.05) is 44.9 Å². The molecule has 0 aromatic heterocycles. The van der Waals surface area contributed by atoms with Gasteiger partial charge in [0.15, 0.2) is 5.75 Å². The fraction of sp³-hybridized carbons (Fsp3) is 0.533. The second kappa shape index (κ2) is 8.56. The zero-order chi connectivity index (χ0) is 13.2. The van der Waals surface area contributed by atoms with Crippen LogP contribution in [-0.4, -0.2) is 5.91 Å². The molecule has 0 fully saturated rings. The molecule has 0 aliphatic heterocycles. The molecule has 0 aliphatic carbocycles. The molecular weight excluding hydrogens is 226 g/mol. The molecule has 0 spiro atoms. The van der Waals surface area contributed by atoms with Crippen LogP contribution in [0.5, 0.6) is 5.75 Å². The lowest BCUT2D eigenvalue weighted by Gasteiger charge is -2.08. The van der Waals surface area contributed by atoms with E-state index >= 15 is 0 Å². The van der Waals surface area contributed by atoms with E-state index in [0.717, 1.165) is 24.8 Å². The van der Waals surface area contributed by atoms with Crippen LogP contribution >= 0.6 is 0 Å². The number of nitrogens with zero attached hydrogens (tertiary/aromatic N) is 1. The highest BCUT2D eigenvalue weighted by Gasteiger charge is 2.07. The van der Waals surface area contributed by atoms with Crippen molar-refractivity contribution in [3.05, 3.63) is 29.8 Å². The van der Waals surface area contributed by atoms with Crippen LogP contribution in [0.4, 0.5) is 0 Å². The predicted molar refractivity (Wildman–Crippen MR) is 72.3 cm³/mol. The van der Waals surface area contributed by atoms with Crippen molar-refractivity contribution in [1.82, 2.24) is 5.48 Å². The summed E-state index contributed by atoms with van der Waals surface area (Å²) in [4.78, 5) is 16.6. The Balaban J connectivity index is 2.50. The van der Waals surface area contributed by atoms with Gasteiger partial charge in [-0.2, -0.15) is 0 Å². The van der Waals surface area contributed by atoms with Gasteiger partial charge < -0.3 is 4.84 Å². The maximum atomic E-state index is 11.3. The molecule has 1 aromatic rings. The molecule has 3 nitrogen and oxygen atoms in total. The number of hydrogen-bond acceptors (Lipinski definition) is 2. The van der Waals surface area contributed by atoms with Crippen molar-refractivity contribution in [2.75, 3.05) is 0 Å². The minimum absolute atomic E-state index is 0.194. The molecule has 99 valence electrons. The van der Waals surface area contributed by atoms with E-state index in [1.54, 1.807) is 0 Å². The summed E-state index contributed by atoms with van der Waals surface area (Å²) < 4.78 is 0. The Morgan fingerprint density at radius 3 is 2.67 bits per heavy atom. The van der Waals surface area contributed by atoms with Gasteiger partial charge in [0.2, 0.25) is 0 Å². The van der Waals surface area contributed by atoms with E-state index in [2.05, 4.69) is 12.4 Å². The molecule has 18 heavy (non-hydrogen) atoms. The Kier molecular flexibility index (Phi) is 6.92. The van der Waals surface area contributed by atoms with E-state index < -0.39 is 0 Å². The van der Waals surface area contributed by atoms with Gasteiger partial charge in [0, 0.05) is 6.42 Å². The van der Waals surface area contributed by atoms with Crippen molar-refractivity contribution < 1.29 is 9.63 Å². The highest BCUT2D eigenvalue weighted by molar-refractivity contribution is 5.74. The van der Waals surface area contributed by atoms with E-state index in [0.29, 0.717) is 12.2 Å². The number of para-hydroxylation sites is 1. The lowest BCUT2D eigenvalue weighted by molar-refractivity contribution is -0.128. The maximum Gasteiger partial charge on any atom is 0.281 e. The van der Waals surface area contributed by atoms with Crippen molar-refractivity contribution >= 4 is 5.91 Å². The largest absolute Gasteiger partial charge is 0.353 e. The number of aryl methyl sites for hydroxylation is 1. The van der Waals surface area contributed by atoms with E-state index in [1.165, 1.54) is 12.8 Å². The van der Waals surface area contributed by atoms with E-state index in [4.69, 9.17) is 4.84 Å². The molecule has 0 N–H and O–H groups in total. The number of unbranched alkanes of at least 4 members (excludes halogenated alkanes) is 2. The second-order valence-corrected chi connectivity index (χ2v) is 4.39. The smallest absolute Gasteiger partial charge is 0.281 e. The third-order valence-electron chi connectivity index (χ3n) is 2.73. The number of carbonyl (C=O) groups excluding carboxylic acids is 1. The van der Waals surface area contributed by atoms with Gasteiger partial charge in [0.25, 0.3) is 5.91 Å². The molecule has 0 heterocycles. The molecule has 0 saturated heterocycles. The van der Waals surface area contributed by atoms with Crippen LogP contribution in [0.25, 0.3) is 0 Å². The molecule has 0 unspecified atom stereocenters. The van der Waals surface area contributed by atoms with Gasteiger partial charge in [-0.3, -0.25) is 4.79 Å². The van der Waals surface area contributed by atoms with Crippen LogP contribution in [0.2, 0.25) is 0 Å². The number of benzene rings is 1. The lowest BCUT2D eigenvalue weighted by atomic mass is 10.1. The Hall–Kier alpha value is -1.51. The summed E-state index contributed by atoms with van der Waals surface area (Å²) in [5, 5.41) is 0. The van der Waals surface area contributed by atoms with Gasteiger partial charge in [-0.15, -0.1) is 0 Å². The van der Waals surface area contributed by atoms with E-state index in [9.17, 15) is 4.79 Å². The first kappa shape index (κ1) is 14.6. The van der Waals surface area contributed by atoms with E-state index in [1.807, 2.05) is 31.2 Å². The summed E-state index contributed by atoms with van der Waals surface area (Å²) in [5.41, 5.74) is 4.76. The van der Waals surface area contributed by atoms with Gasteiger partial charge in [0.1, 0.15) is 0 Å². The second-order valence-electron chi connectivity index (χ2n) is 4.39. The normalized spacial score (nSPS) is 10.1. The Morgan fingerprint density at radius 2 is 1.94 bits per heavy atom. The first-order valence-electron chi connectivity index (χ1n) is 6.76.